The third-order valence-electron chi connectivity index (χ3n) is 7.18. The zero-order valence-corrected chi connectivity index (χ0v) is 24.6. The Balaban J connectivity index is 1.22. The Morgan fingerprint density at radius 3 is 2.63 bits per heavy atom. The van der Waals surface area contributed by atoms with Crippen molar-refractivity contribution in [1.29, 1.82) is 0 Å². The number of benzene rings is 1. The highest BCUT2D eigenvalue weighted by Crippen LogP contribution is 2.29. The maximum atomic E-state index is 13.3. The van der Waals surface area contributed by atoms with E-state index in [1.807, 2.05) is 5.38 Å². The van der Waals surface area contributed by atoms with E-state index < -0.39 is 11.5 Å². The number of anilines is 3. The number of carbonyl (C=O) groups excluding carboxylic acids is 1. The number of rotatable bonds is 7. The Kier molecular flexibility index (Phi) is 7.61. The van der Waals surface area contributed by atoms with Gasteiger partial charge in [0, 0.05) is 31.6 Å². The number of hydrogen-bond acceptors (Lipinski definition) is 11. The molecule has 0 bridgehead atoms. The number of nitrogens with one attached hydrogen (secondary N) is 1. The first-order chi connectivity index (χ1) is 20.8. The molecule has 0 atom stereocenters. The molecule has 43 heavy (non-hydrogen) atoms. The minimum absolute atomic E-state index is 0.0249. The van der Waals surface area contributed by atoms with Crippen molar-refractivity contribution >= 4 is 33.9 Å². The number of thiazole rings is 1. The van der Waals surface area contributed by atoms with Gasteiger partial charge in [0.2, 0.25) is 0 Å². The zero-order chi connectivity index (χ0) is 30.1. The van der Waals surface area contributed by atoms with Gasteiger partial charge in [0.25, 0.3) is 11.5 Å². The van der Waals surface area contributed by atoms with E-state index in [2.05, 4.69) is 20.2 Å². The maximum absolute atomic E-state index is 13.3. The first kappa shape index (κ1) is 28.1. The number of morpholine rings is 1. The fourth-order valence-corrected chi connectivity index (χ4v) is 5.67. The van der Waals surface area contributed by atoms with Crippen LogP contribution >= 0.6 is 11.3 Å². The van der Waals surface area contributed by atoms with Gasteiger partial charge in [-0.2, -0.15) is 0 Å². The van der Waals surface area contributed by atoms with Gasteiger partial charge in [-0.15, -0.1) is 11.3 Å². The van der Waals surface area contributed by atoms with E-state index in [4.69, 9.17) is 25.2 Å². The first-order valence-electron chi connectivity index (χ1n) is 13.5. The summed E-state index contributed by atoms with van der Waals surface area (Å²) in [6.07, 6.45) is 3.07. The standard InChI is InChI=1S/C29H29N9O4S/c1-17-24(28(40)38(36(17)2)19-5-4-6-20(13-19)41-3)27(39)33-18-7-8-21(31-14-18)25-26(30)32-15-22(34-25)23-16-43-29(35-23)37-9-11-42-12-10-37/h4-8,13-16H,9-12H2,1-3H3,(H2,30,32)(H,33,39). The summed E-state index contributed by atoms with van der Waals surface area (Å²) >= 11 is 1.54. The van der Waals surface area contributed by atoms with Crippen LogP contribution in [-0.4, -0.2) is 68.6 Å². The molecule has 0 saturated carbocycles. The molecule has 220 valence electrons. The van der Waals surface area contributed by atoms with Crippen LogP contribution in [0.4, 0.5) is 16.6 Å². The van der Waals surface area contributed by atoms with Crippen molar-refractivity contribution in [3.63, 3.8) is 0 Å². The van der Waals surface area contributed by atoms with Crippen molar-refractivity contribution in [2.24, 2.45) is 7.05 Å². The third kappa shape index (κ3) is 5.45. The summed E-state index contributed by atoms with van der Waals surface area (Å²) in [5.74, 6) is 0.269. The van der Waals surface area contributed by atoms with Gasteiger partial charge >= 0.3 is 0 Å². The van der Waals surface area contributed by atoms with Crippen LogP contribution in [0.5, 0.6) is 5.75 Å². The number of nitrogen functional groups attached to an aromatic ring is 1. The number of hydrogen-bond donors (Lipinski definition) is 2. The van der Waals surface area contributed by atoms with Crippen LogP contribution in [0.1, 0.15) is 16.1 Å². The molecule has 14 heteroatoms. The summed E-state index contributed by atoms with van der Waals surface area (Å²) in [6, 6.07) is 10.4. The van der Waals surface area contributed by atoms with Crippen molar-refractivity contribution in [2.75, 3.05) is 49.4 Å². The smallest absolute Gasteiger partial charge is 0.284 e. The third-order valence-corrected chi connectivity index (χ3v) is 8.08. The molecule has 5 heterocycles. The van der Waals surface area contributed by atoms with Crippen molar-refractivity contribution in [1.82, 2.24) is 29.3 Å². The van der Waals surface area contributed by atoms with E-state index in [0.717, 1.165) is 18.2 Å². The molecule has 1 saturated heterocycles. The fraction of sp³-hybridized carbons (Fsp3) is 0.241. The van der Waals surface area contributed by atoms with Gasteiger partial charge in [0.15, 0.2) is 10.9 Å². The van der Waals surface area contributed by atoms with E-state index >= 15 is 0 Å². The number of ether oxygens (including phenoxy) is 2. The molecule has 0 radical (unpaired) electrons. The number of pyridine rings is 1. The molecule has 0 aliphatic carbocycles. The van der Waals surface area contributed by atoms with E-state index in [-0.39, 0.29) is 11.4 Å². The maximum Gasteiger partial charge on any atom is 0.284 e. The molecular weight excluding hydrogens is 570 g/mol. The number of nitrogens with zero attached hydrogens (tertiary/aromatic N) is 7. The zero-order valence-electron chi connectivity index (χ0n) is 23.8. The average Bonchev–Trinajstić information content (AvgIpc) is 3.61. The lowest BCUT2D eigenvalue weighted by Crippen LogP contribution is -2.36. The topological polar surface area (TPSA) is 155 Å². The van der Waals surface area contributed by atoms with Crippen LogP contribution in [-0.2, 0) is 11.8 Å². The Labute approximate surface area is 250 Å². The summed E-state index contributed by atoms with van der Waals surface area (Å²) in [7, 11) is 3.27. The molecule has 4 aromatic heterocycles. The van der Waals surface area contributed by atoms with Crippen molar-refractivity contribution in [3.8, 4) is 34.2 Å². The number of carbonyl (C=O) groups is 1. The lowest BCUT2D eigenvalue weighted by Gasteiger charge is -2.25. The highest BCUT2D eigenvalue weighted by atomic mass is 32.1. The number of aromatic nitrogens is 6. The molecule has 13 nitrogen and oxygen atoms in total. The average molecular weight is 600 g/mol. The summed E-state index contributed by atoms with van der Waals surface area (Å²) in [5, 5.41) is 5.62. The number of amides is 1. The molecular formula is C29H29N9O4S. The molecule has 0 unspecified atom stereocenters. The van der Waals surface area contributed by atoms with Gasteiger partial charge in [-0.05, 0) is 31.2 Å². The number of methoxy groups -OCH3 is 1. The number of nitrogens with two attached hydrogens (primary N) is 1. The van der Waals surface area contributed by atoms with E-state index in [9.17, 15) is 9.59 Å². The fourth-order valence-electron chi connectivity index (χ4n) is 4.80. The molecule has 1 amide bonds. The van der Waals surface area contributed by atoms with Crippen molar-refractivity contribution < 1.29 is 14.3 Å². The summed E-state index contributed by atoms with van der Waals surface area (Å²) in [5.41, 5.74) is 9.38. The molecule has 1 aromatic carbocycles. The summed E-state index contributed by atoms with van der Waals surface area (Å²) < 4.78 is 13.8. The van der Waals surface area contributed by atoms with Gasteiger partial charge in [-0.3, -0.25) is 19.3 Å². The lowest BCUT2D eigenvalue weighted by molar-refractivity contribution is 0.102. The SMILES string of the molecule is COc1cccc(-n2c(=O)c(C(=O)Nc3ccc(-c4nc(-c5csc(N6CCOCC6)n5)cnc4N)nc3)c(C)n2C)c1. The van der Waals surface area contributed by atoms with Crippen LogP contribution in [0.3, 0.4) is 0 Å². The van der Waals surface area contributed by atoms with E-state index in [1.54, 1.807) is 79.7 Å². The van der Waals surface area contributed by atoms with Crippen molar-refractivity contribution in [3.05, 3.63) is 75.8 Å². The first-order valence-corrected chi connectivity index (χ1v) is 14.3. The normalized spacial score (nSPS) is 13.2. The Bertz CT molecular complexity index is 1860. The minimum atomic E-state index is -0.546. The second-order valence-corrected chi connectivity index (χ2v) is 10.6. The highest BCUT2D eigenvalue weighted by Gasteiger charge is 2.23. The van der Waals surface area contributed by atoms with E-state index in [0.29, 0.717) is 58.8 Å². The van der Waals surface area contributed by atoms with Crippen LogP contribution in [0, 0.1) is 6.92 Å². The van der Waals surface area contributed by atoms with Gasteiger partial charge < -0.3 is 25.4 Å². The quantitative estimate of drug-likeness (QED) is 0.285. The largest absolute Gasteiger partial charge is 0.497 e. The molecule has 1 fully saturated rings. The Morgan fingerprint density at radius 1 is 1.07 bits per heavy atom. The Hall–Kier alpha value is -5.08. The monoisotopic (exact) mass is 599 g/mol. The molecule has 3 N–H and O–H groups in total. The predicted octanol–water partition coefficient (Wildman–Crippen LogP) is 3.14. The van der Waals surface area contributed by atoms with Gasteiger partial charge in [0.05, 0.1) is 55.5 Å². The van der Waals surface area contributed by atoms with Gasteiger partial charge in [-0.25, -0.2) is 19.6 Å². The second-order valence-electron chi connectivity index (χ2n) is 9.79. The molecule has 6 rings (SSSR count). The van der Waals surface area contributed by atoms with Crippen LogP contribution in [0.15, 0.2) is 59.0 Å². The second kappa shape index (κ2) is 11.7. The lowest BCUT2D eigenvalue weighted by atomic mass is 10.2. The van der Waals surface area contributed by atoms with Crippen LogP contribution in [0.2, 0.25) is 0 Å². The summed E-state index contributed by atoms with van der Waals surface area (Å²) in [4.78, 5) is 47.0. The summed E-state index contributed by atoms with van der Waals surface area (Å²) in [6.45, 7) is 4.65. The molecule has 1 aliphatic rings. The van der Waals surface area contributed by atoms with Gasteiger partial charge in [-0.1, -0.05) is 6.07 Å². The molecule has 1 aliphatic heterocycles. The minimum Gasteiger partial charge on any atom is -0.497 e. The molecule has 5 aromatic rings. The predicted molar refractivity (Wildman–Crippen MR) is 164 cm³/mol. The highest BCUT2D eigenvalue weighted by molar-refractivity contribution is 7.14. The van der Waals surface area contributed by atoms with Gasteiger partial charge in [0.1, 0.15) is 28.4 Å². The Morgan fingerprint density at radius 2 is 1.88 bits per heavy atom. The van der Waals surface area contributed by atoms with E-state index in [1.165, 1.54) is 10.9 Å². The van der Waals surface area contributed by atoms with Crippen LogP contribution < -0.4 is 26.2 Å². The van der Waals surface area contributed by atoms with Crippen molar-refractivity contribution in [2.45, 2.75) is 6.92 Å². The molecule has 0 spiro atoms. The van der Waals surface area contributed by atoms with Crippen LogP contribution in [0.25, 0.3) is 28.5 Å².